The van der Waals surface area contributed by atoms with Crippen LogP contribution in [0.15, 0.2) is 166 Å². The van der Waals surface area contributed by atoms with Crippen molar-refractivity contribution < 1.29 is 35.9 Å². The maximum absolute atomic E-state index is 16.6. The summed E-state index contributed by atoms with van der Waals surface area (Å²) in [5, 5.41) is 6.15. The molecule has 16 heteroatoms. The van der Waals surface area contributed by atoms with E-state index >= 15 is 17.6 Å². The molecule has 6 aromatic carbocycles. The SMILES string of the molecule is O=Nc1ccccc1[C@@]12CCN=C1[C@@]1(c3ccc(F)cc3)N(C2=O)c2ccccc2C1(F)F.O=Nc1ccccc1[C@@]12CCN=C1[C@@]1(c3ccc(F)cc3)N(C2=O)c2ccccc2C1(F)F. The molecule has 0 unspecified atom stereocenters. The molecule has 12 rings (SSSR count). The van der Waals surface area contributed by atoms with Gasteiger partial charge in [-0.25, -0.2) is 8.78 Å². The molecule has 328 valence electrons. The standard InChI is InChI=1S/2C25H16F3N3O2/c2*26-16-11-9-15(10-12-16)24-21-23(13-14-29-21,17-5-1-3-7-19(17)30-33)22(32)31(24)20-8-4-2-6-18(20)25(24,27)28/h2*1-12H,13-14H2/t2*23-,24+/m00/s1. The Morgan fingerprint density at radius 2 is 0.788 bits per heavy atom. The van der Waals surface area contributed by atoms with Gasteiger partial charge in [-0.2, -0.15) is 17.6 Å². The lowest BCUT2D eigenvalue weighted by molar-refractivity contribution is -0.123. The molecule has 2 fully saturated rings. The number of rotatable bonds is 6. The first kappa shape index (κ1) is 41.1. The molecule has 0 spiro atoms. The summed E-state index contributed by atoms with van der Waals surface area (Å²) < 4.78 is 93.9. The number of benzene rings is 6. The Morgan fingerprint density at radius 3 is 1.15 bits per heavy atom. The molecule has 0 aliphatic carbocycles. The quantitative estimate of drug-likeness (QED) is 0.122. The predicted molar refractivity (Wildman–Crippen MR) is 233 cm³/mol. The van der Waals surface area contributed by atoms with Crippen LogP contribution in [0.1, 0.15) is 46.2 Å². The Bertz CT molecular complexity index is 2950. The number of carbonyl (C=O) groups excluding carboxylic acids is 2. The van der Waals surface area contributed by atoms with Gasteiger partial charge in [0.05, 0.1) is 22.8 Å². The number of fused-ring (bicyclic) bond motifs is 10. The van der Waals surface area contributed by atoms with Gasteiger partial charge >= 0.3 is 11.8 Å². The van der Waals surface area contributed by atoms with E-state index in [1.165, 1.54) is 72.8 Å². The lowest BCUT2D eigenvalue weighted by Crippen LogP contribution is -2.53. The number of alkyl halides is 4. The fourth-order valence-corrected chi connectivity index (χ4v) is 11.6. The third-order valence-electron chi connectivity index (χ3n) is 14.1. The van der Waals surface area contributed by atoms with E-state index in [0.717, 1.165) is 34.1 Å². The van der Waals surface area contributed by atoms with Gasteiger partial charge in [-0.15, -0.1) is 9.81 Å². The van der Waals surface area contributed by atoms with E-state index in [1.54, 1.807) is 48.5 Å². The van der Waals surface area contributed by atoms with Crippen LogP contribution in [-0.4, -0.2) is 36.3 Å². The van der Waals surface area contributed by atoms with Gasteiger partial charge in [-0.1, -0.05) is 97.1 Å². The summed E-state index contributed by atoms with van der Waals surface area (Å²) in [5.74, 6) is -9.48. The molecule has 66 heavy (non-hydrogen) atoms. The number of nitroso groups, excluding NO2 is 2. The molecule has 0 radical (unpaired) electrons. The van der Waals surface area contributed by atoms with Crippen molar-refractivity contribution in [3.8, 4) is 0 Å². The Hall–Kier alpha value is -7.62. The molecule has 0 aromatic heterocycles. The zero-order valence-electron chi connectivity index (χ0n) is 34.3. The van der Waals surface area contributed by atoms with E-state index in [9.17, 15) is 28.2 Å². The summed E-state index contributed by atoms with van der Waals surface area (Å²) in [6.07, 6.45) is 0.261. The molecular formula is C50H32F6N6O4. The topological polar surface area (TPSA) is 124 Å². The summed E-state index contributed by atoms with van der Waals surface area (Å²) in [4.78, 5) is 63.0. The first-order valence-corrected chi connectivity index (χ1v) is 20.9. The van der Waals surface area contributed by atoms with Crippen LogP contribution in [0.5, 0.6) is 0 Å². The molecular weight excluding hydrogens is 863 g/mol. The number of hydrogen-bond donors (Lipinski definition) is 0. The van der Waals surface area contributed by atoms with Crippen molar-refractivity contribution in [3.63, 3.8) is 0 Å². The highest BCUT2D eigenvalue weighted by atomic mass is 19.3. The minimum absolute atomic E-state index is 0.00693. The van der Waals surface area contributed by atoms with E-state index in [1.807, 2.05) is 0 Å². The minimum atomic E-state index is -3.56. The number of hydrogen-bond acceptors (Lipinski definition) is 8. The molecule has 0 bridgehead atoms. The highest BCUT2D eigenvalue weighted by Crippen LogP contribution is 2.69. The second kappa shape index (κ2) is 13.9. The number of halogens is 6. The second-order valence-electron chi connectivity index (χ2n) is 16.9. The molecule has 10 nitrogen and oxygen atoms in total. The fourth-order valence-electron chi connectivity index (χ4n) is 11.6. The van der Waals surface area contributed by atoms with Gasteiger partial charge in [0.25, 0.3) is 0 Å². The first-order valence-electron chi connectivity index (χ1n) is 20.9. The minimum Gasteiger partial charge on any atom is -0.289 e. The van der Waals surface area contributed by atoms with Crippen LogP contribution < -0.4 is 9.80 Å². The van der Waals surface area contributed by atoms with Gasteiger partial charge in [0, 0.05) is 35.3 Å². The molecule has 6 aliphatic rings. The van der Waals surface area contributed by atoms with Gasteiger partial charge in [-0.05, 0) is 82.9 Å². The number of anilines is 2. The van der Waals surface area contributed by atoms with Crippen LogP contribution in [0.3, 0.4) is 0 Å². The summed E-state index contributed by atoms with van der Waals surface area (Å²) in [5.41, 5.74) is -7.61. The van der Waals surface area contributed by atoms with E-state index < -0.39 is 57.2 Å². The number of aliphatic imine (C=N–C) groups is 2. The van der Waals surface area contributed by atoms with Crippen LogP contribution in [0, 0.1) is 21.4 Å². The third-order valence-corrected chi connectivity index (χ3v) is 14.1. The normalized spacial score (nSPS) is 26.6. The maximum Gasteiger partial charge on any atom is 0.307 e. The summed E-state index contributed by atoms with van der Waals surface area (Å²) in [6.45, 7) is 0.273. The molecule has 2 amide bonds. The molecule has 2 saturated heterocycles. The Labute approximate surface area is 371 Å². The number of para-hydroxylation sites is 2. The van der Waals surface area contributed by atoms with Gasteiger partial charge in [0.15, 0.2) is 11.1 Å². The predicted octanol–water partition coefficient (Wildman–Crippen LogP) is 10.7. The van der Waals surface area contributed by atoms with Crippen molar-refractivity contribution >= 4 is 46.0 Å². The zero-order valence-corrected chi connectivity index (χ0v) is 34.3. The average Bonchev–Trinajstić information content (AvgIpc) is 4.14. The van der Waals surface area contributed by atoms with Crippen molar-refractivity contribution in [1.29, 1.82) is 0 Å². The van der Waals surface area contributed by atoms with Crippen molar-refractivity contribution in [2.45, 2.75) is 46.6 Å². The Balaban J connectivity index is 0.000000146. The van der Waals surface area contributed by atoms with E-state index in [2.05, 4.69) is 20.3 Å². The molecule has 6 aliphatic heterocycles. The summed E-state index contributed by atoms with van der Waals surface area (Å²) in [6, 6.07) is 33.7. The van der Waals surface area contributed by atoms with Crippen molar-refractivity contribution in [1.82, 2.24) is 0 Å². The number of carbonyl (C=O) groups is 2. The average molecular weight is 895 g/mol. The van der Waals surface area contributed by atoms with Gasteiger partial charge < -0.3 is 0 Å². The largest absolute Gasteiger partial charge is 0.307 e. The van der Waals surface area contributed by atoms with Gasteiger partial charge in [0.1, 0.15) is 33.8 Å². The van der Waals surface area contributed by atoms with Crippen LogP contribution in [-0.2, 0) is 43.3 Å². The molecule has 0 saturated carbocycles. The van der Waals surface area contributed by atoms with Crippen molar-refractivity contribution in [2.24, 2.45) is 20.3 Å². The summed E-state index contributed by atoms with van der Waals surface area (Å²) in [7, 11) is 0. The van der Waals surface area contributed by atoms with Crippen LogP contribution in [0.4, 0.5) is 49.1 Å². The molecule has 6 heterocycles. The third kappa shape index (κ3) is 4.67. The number of amides is 2. The lowest BCUT2D eigenvalue weighted by Gasteiger charge is -2.37. The fraction of sp³-hybridized carbons (Fsp3) is 0.200. The van der Waals surface area contributed by atoms with E-state index in [4.69, 9.17) is 0 Å². The molecule has 6 aromatic rings. The second-order valence-corrected chi connectivity index (χ2v) is 16.9. The Morgan fingerprint density at radius 1 is 0.455 bits per heavy atom. The highest BCUT2D eigenvalue weighted by molar-refractivity contribution is 6.35. The Kier molecular flexibility index (Phi) is 8.68. The maximum atomic E-state index is 16.6. The summed E-state index contributed by atoms with van der Waals surface area (Å²) >= 11 is 0. The van der Waals surface area contributed by atoms with Crippen LogP contribution >= 0.6 is 0 Å². The van der Waals surface area contributed by atoms with Crippen molar-refractivity contribution in [2.75, 3.05) is 22.9 Å². The molecule has 0 N–H and O–H groups in total. The van der Waals surface area contributed by atoms with Gasteiger partial charge in [0.2, 0.25) is 11.8 Å². The van der Waals surface area contributed by atoms with Gasteiger partial charge in [-0.3, -0.25) is 29.4 Å². The number of nitrogens with zero attached hydrogens (tertiary/aromatic N) is 6. The van der Waals surface area contributed by atoms with Crippen molar-refractivity contribution in [3.05, 3.63) is 200 Å². The van der Waals surface area contributed by atoms with E-state index in [0.29, 0.717) is 0 Å². The monoisotopic (exact) mass is 894 g/mol. The smallest absolute Gasteiger partial charge is 0.289 e. The van der Waals surface area contributed by atoms with Crippen LogP contribution in [0.25, 0.3) is 0 Å². The lowest BCUT2D eigenvalue weighted by atomic mass is 9.68. The molecule has 4 atom stereocenters. The van der Waals surface area contributed by atoms with E-state index in [-0.39, 0.29) is 93.5 Å². The highest BCUT2D eigenvalue weighted by Gasteiger charge is 2.81. The van der Waals surface area contributed by atoms with Crippen LogP contribution in [0.2, 0.25) is 0 Å². The first-order chi connectivity index (χ1) is 31.8. The zero-order chi connectivity index (χ0) is 46.0.